The zero-order valence-corrected chi connectivity index (χ0v) is 6.25. The van der Waals surface area contributed by atoms with Crippen molar-refractivity contribution in [2.24, 2.45) is 0 Å². The third kappa shape index (κ3) is 1.09. The Hall–Kier alpha value is -1.33. The molecule has 0 bridgehead atoms. The van der Waals surface area contributed by atoms with Crippen LogP contribution in [0, 0.1) is 0 Å². The molecular weight excluding hydrogens is 155 g/mol. The summed E-state index contributed by atoms with van der Waals surface area (Å²) in [5, 5.41) is 17.7. The molecule has 0 saturated heterocycles. The van der Waals surface area contributed by atoms with Gasteiger partial charge in [0.2, 0.25) is 0 Å². The summed E-state index contributed by atoms with van der Waals surface area (Å²) in [5.41, 5.74) is 1.39. The molecule has 0 radical (unpaired) electrons. The fourth-order valence-electron chi connectivity index (χ4n) is 1.09. The number of imidazole rings is 1. The number of fused-ring (bicyclic) bond motifs is 1. The molecule has 60 valence electrons. The van der Waals surface area contributed by atoms with Crippen LogP contribution in [0.25, 0.3) is 5.52 Å². The lowest BCUT2D eigenvalue weighted by molar-refractivity contribution is 0.425. The molecule has 0 aliphatic heterocycles. The molecule has 0 spiro atoms. The summed E-state index contributed by atoms with van der Waals surface area (Å²) in [6.07, 6.45) is 4.95. The van der Waals surface area contributed by atoms with E-state index in [1.54, 1.807) is 35.3 Å². The molecule has 0 aromatic carbocycles. The Labute approximate surface area is 69.3 Å². The second-order valence-corrected chi connectivity index (χ2v) is 2.56. The molecule has 2 N–H and O–H groups in total. The van der Waals surface area contributed by atoms with Gasteiger partial charge in [-0.3, -0.25) is 0 Å². The highest BCUT2D eigenvalue weighted by molar-refractivity contribution is 6.58. The number of nitrogens with zero attached hydrogens (tertiary/aromatic N) is 2. The minimum Gasteiger partial charge on any atom is -0.423 e. The van der Waals surface area contributed by atoms with Crippen LogP contribution in [0.5, 0.6) is 0 Å². The predicted octanol–water partition coefficient (Wildman–Crippen LogP) is -0.986. The second-order valence-electron chi connectivity index (χ2n) is 2.56. The molecule has 2 aromatic rings. The summed E-state index contributed by atoms with van der Waals surface area (Å²) >= 11 is 0. The van der Waals surface area contributed by atoms with Gasteiger partial charge in [0.25, 0.3) is 0 Å². The smallest absolute Gasteiger partial charge is 0.423 e. The largest absolute Gasteiger partial charge is 0.489 e. The highest BCUT2D eigenvalue weighted by atomic mass is 16.4. The van der Waals surface area contributed by atoms with E-state index < -0.39 is 7.12 Å². The Morgan fingerprint density at radius 1 is 1.33 bits per heavy atom. The molecule has 4 nitrogen and oxygen atoms in total. The summed E-state index contributed by atoms with van der Waals surface area (Å²) in [4.78, 5) is 3.90. The Bertz CT molecular complexity index is 399. The lowest BCUT2D eigenvalue weighted by Crippen LogP contribution is -2.30. The normalized spacial score (nSPS) is 10.5. The van der Waals surface area contributed by atoms with Crippen LogP contribution in [-0.2, 0) is 0 Å². The molecule has 2 heterocycles. The van der Waals surface area contributed by atoms with E-state index in [-0.39, 0.29) is 0 Å². The van der Waals surface area contributed by atoms with Crippen molar-refractivity contribution in [3.05, 3.63) is 30.9 Å². The topological polar surface area (TPSA) is 57.8 Å². The zero-order valence-electron chi connectivity index (χ0n) is 6.25. The Morgan fingerprint density at radius 3 is 2.92 bits per heavy atom. The van der Waals surface area contributed by atoms with Crippen molar-refractivity contribution in [3.8, 4) is 0 Å². The quantitative estimate of drug-likeness (QED) is 0.529. The molecule has 0 atom stereocenters. The van der Waals surface area contributed by atoms with Crippen LogP contribution in [0.4, 0.5) is 0 Å². The number of pyridine rings is 1. The molecular formula is C7H7BN2O2. The van der Waals surface area contributed by atoms with Gasteiger partial charge in [-0.15, -0.1) is 0 Å². The lowest BCUT2D eigenvalue weighted by atomic mass is 9.82. The second kappa shape index (κ2) is 2.62. The van der Waals surface area contributed by atoms with Gasteiger partial charge in [0.1, 0.15) is 0 Å². The third-order valence-electron chi connectivity index (χ3n) is 1.73. The molecule has 2 aromatic heterocycles. The summed E-state index contributed by atoms with van der Waals surface area (Å²) in [5.74, 6) is 0. The maximum Gasteiger partial charge on any atom is 0.489 e. The number of hydrogen-bond donors (Lipinski definition) is 2. The minimum absolute atomic E-state index is 0.459. The van der Waals surface area contributed by atoms with E-state index in [0.717, 1.165) is 5.52 Å². The summed E-state index contributed by atoms with van der Waals surface area (Å²) in [7, 11) is -1.42. The van der Waals surface area contributed by atoms with Crippen molar-refractivity contribution in [1.29, 1.82) is 0 Å². The van der Waals surface area contributed by atoms with Crippen molar-refractivity contribution in [2.75, 3.05) is 0 Å². The van der Waals surface area contributed by atoms with E-state index in [0.29, 0.717) is 5.46 Å². The molecule has 12 heavy (non-hydrogen) atoms. The van der Waals surface area contributed by atoms with Crippen molar-refractivity contribution < 1.29 is 10.0 Å². The molecule has 0 amide bonds. The first-order valence-electron chi connectivity index (χ1n) is 3.55. The molecule has 0 aliphatic rings. The first-order valence-corrected chi connectivity index (χ1v) is 3.55. The van der Waals surface area contributed by atoms with Gasteiger partial charge >= 0.3 is 7.12 Å². The van der Waals surface area contributed by atoms with Gasteiger partial charge in [0, 0.05) is 6.20 Å². The Kier molecular flexibility index (Phi) is 1.60. The SMILES string of the molecule is OB(O)c1ccc2cncn2c1. The number of hydrogen-bond acceptors (Lipinski definition) is 3. The first-order chi connectivity index (χ1) is 5.77. The van der Waals surface area contributed by atoms with Gasteiger partial charge < -0.3 is 14.4 Å². The fourth-order valence-corrected chi connectivity index (χ4v) is 1.09. The monoisotopic (exact) mass is 162 g/mol. The van der Waals surface area contributed by atoms with Crippen LogP contribution in [-0.4, -0.2) is 26.6 Å². The zero-order chi connectivity index (χ0) is 8.55. The van der Waals surface area contributed by atoms with Gasteiger partial charge in [-0.1, -0.05) is 6.07 Å². The van der Waals surface area contributed by atoms with Crippen molar-refractivity contribution in [3.63, 3.8) is 0 Å². The molecule has 0 saturated carbocycles. The van der Waals surface area contributed by atoms with Gasteiger partial charge in [-0.2, -0.15) is 0 Å². The van der Waals surface area contributed by atoms with E-state index in [2.05, 4.69) is 4.98 Å². The maximum atomic E-state index is 8.84. The van der Waals surface area contributed by atoms with Crippen LogP contribution in [0.2, 0.25) is 0 Å². The highest BCUT2D eigenvalue weighted by Crippen LogP contribution is 1.98. The van der Waals surface area contributed by atoms with E-state index in [1.807, 2.05) is 0 Å². The van der Waals surface area contributed by atoms with Crippen LogP contribution < -0.4 is 5.46 Å². The van der Waals surface area contributed by atoms with Gasteiger partial charge in [-0.25, -0.2) is 4.98 Å². The summed E-state index contributed by atoms with van der Waals surface area (Å²) in [6.45, 7) is 0. The van der Waals surface area contributed by atoms with Crippen LogP contribution >= 0.6 is 0 Å². The fraction of sp³-hybridized carbons (Fsp3) is 0. The van der Waals surface area contributed by atoms with Gasteiger partial charge in [0.05, 0.1) is 18.0 Å². The average molecular weight is 162 g/mol. The number of rotatable bonds is 1. The van der Waals surface area contributed by atoms with Crippen molar-refractivity contribution in [2.45, 2.75) is 0 Å². The Balaban J connectivity index is 2.60. The van der Waals surface area contributed by atoms with E-state index >= 15 is 0 Å². The van der Waals surface area contributed by atoms with Crippen LogP contribution in [0.15, 0.2) is 30.9 Å². The van der Waals surface area contributed by atoms with Crippen LogP contribution in [0.1, 0.15) is 0 Å². The van der Waals surface area contributed by atoms with Gasteiger partial charge in [-0.05, 0) is 11.5 Å². The van der Waals surface area contributed by atoms with Crippen molar-refractivity contribution >= 4 is 18.1 Å². The molecule has 2 rings (SSSR count). The van der Waals surface area contributed by atoms with Crippen LogP contribution in [0.3, 0.4) is 0 Å². The van der Waals surface area contributed by atoms with E-state index in [9.17, 15) is 0 Å². The standard InChI is InChI=1S/C7H7BN2O2/c11-8(12)6-1-2-7-3-9-5-10(7)4-6/h1-5,11-12H. The Morgan fingerprint density at radius 2 is 2.17 bits per heavy atom. The minimum atomic E-state index is -1.42. The first kappa shape index (κ1) is 7.33. The lowest BCUT2D eigenvalue weighted by Gasteiger charge is -1.99. The third-order valence-corrected chi connectivity index (χ3v) is 1.73. The average Bonchev–Trinajstić information content (AvgIpc) is 2.49. The van der Waals surface area contributed by atoms with E-state index in [4.69, 9.17) is 10.0 Å². The van der Waals surface area contributed by atoms with E-state index in [1.165, 1.54) is 0 Å². The molecule has 0 unspecified atom stereocenters. The molecule has 0 aliphatic carbocycles. The summed E-state index contributed by atoms with van der Waals surface area (Å²) in [6, 6.07) is 3.43. The number of aromatic nitrogens is 2. The maximum absolute atomic E-state index is 8.84. The predicted molar refractivity (Wildman–Crippen MR) is 45.0 cm³/mol. The summed E-state index contributed by atoms with van der Waals surface area (Å²) < 4.78 is 1.73. The highest BCUT2D eigenvalue weighted by Gasteiger charge is 2.10. The van der Waals surface area contributed by atoms with Crippen molar-refractivity contribution in [1.82, 2.24) is 9.38 Å². The molecule has 5 heteroatoms. The van der Waals surface area contributed by atoms with Gasteiger partial charge in [0.15, 0.2) is 0 Å². The molecule has 0 fully saturated rings.